The second-order valence-corrected chi connectivity index (χ2v) is 1.78. The standard InChI is InChI=1S/C7H10N2/c1-3-7-5-6-8-9(7)4-2/h3,5-6H,1,4H2,2H3. The number of hydrogen-bond donors (Lipinski definition) is 0. The molecular weight excluding hydrogens is 112 g/mol. The molecule has 0 aromatic carbocycles. The van der Waals surface area contributed by atoms with Gasteiger partial charge < -0.3 is 0 Å². The molecule has 0 fully saturated rings. The highest BCUT2D eigenvalue weighted by molar-refractivity contribution is 5.40. The Bertz CT molecular complexity index is 200. The molecule has 0 aliphatic rings. The van der Waals surface area contributed by atoms with Crippen LogP contribution in [0.3, 0.4) is 0 Å². The van der Waals surface area contributed by atoms with Crippen LogP contribution in [0.15, 0.2) is 18.8 Å². The molecule has 1 rings (SSSR count). The van der Waals surface area contributed by atoms with Gasteiger partial charge in [0.05, 0.1) is 5.69 Å². The van der Waals surface area contributed by atoms with Crippen molar-refractivity contribution >= 4 is 6.08 Å². The number of nitrogens with zero attached hydrogens (tertiary/aromatic N) is 2. The molecule has 0 unspecified atom stereocenters. The number of aromatic nitrogens is 2. The summed E-state index contributed by atoms with van der Waals surface area (Å²) in [6, 6.07) is 1.94. The van der Waals surface area contributed by atoms with Crippen molar-refractivity contribution in [3.8, 4) is 0 Å². The average Bonchev–Trinajstić information content (AvgIpc) is 2.33. The zero-order chi connectivity index (χ0) is 6.69. The summed E-state index contributed by atoms with van der Waals surface area (Å²) in [6.45, 7) is 6.62. The van der Waals surface area contributed by atoms with Crippen molar-refractivity contribution in [2.24, 2.45) is 0 Å². The molecule has 1 heterocycles. The van der Waals surface area contributed by atoms with Gasteiger partial charge in [0.1, 0.15) is 0 Å². The molecule has 0 spiro atoms. The topological polar surface area (TPSA) is 17.8 Å². The summed E-state index contributed by atoms with van der Waals surface area (Å²) in [7, 11) is 0. The van der Waals surface area contributed by atoms with Crippen LogP contribution >= 0.6 is 0 Å². The fraction of sp³-hybridized carbons (Fsp3) is 0.286. The molecule has 0 bridgehead atoms. The highest BCUT2D eigenvalue weighted by atomic mass is 15.3. The average molecular weight is 122 g/mol. The Morgan fingerprint density at radius 3 is 3.11 bits per heavy atom. The molecule has 0 saturated heterocycles. The molecule has 2 nitrogen and oxygen atoms in total. The lowest BCUT2D eigenvalue weighted by Crippen LogP contribution is -1.97. The molecule has 0 amide bonds. The van der Waals surface area contributed by atoms with Gasteiger partial charge in [-0.2, -0.15) is 5.10 Å². The summed E-state index contributed by atoms with van der Waals surface area (Å²) in [5.74, 6) is 0. The van der Waals surface area contributed by atoms with Gasteiger partial charge >= 0.3 is 0 Å². The molecule has 1 aromatic heterocycles. The van der Waals surface area contributed by atoms with Crippen LogP contribution in [-0.4, -0.2) is 9.78 Å². The minimum absolute atomic E-state index is 0.911. The van der Waals surface area contributed by atoms with Crippen LogP contribution in [0.5, 0.6) is 0 Å². The third-order valence-corrected chi connectivity index (χ3v) is 1.26. The van der Waals surface area contributed by atoms with E-state index in [1.54, 1.807) is 12.3 Å². The molecule has 0 aliphatic carbocycles. The van der Waals surface area contributed by atoms with Crippen molar-refractivity contribution in [3.05, 3.63) is 24.5 Å². The quantitative estimate of drug-likeness (QED) is 0.582. The second kappa shape index (κ2) is 2.49. The van der Waals surface area contributed by atoms with Crippen LogP contribution in [0.2, 0.25) is 0 Å². The van der Waals surface area contributed by atoms with Crippen LogP contribution in [-0.2, 0) is 6.54 Å². The molecule has 1 aromatic rings. The number of aryl methyl sites for hydroxylation is 1. The Morgan fingerprint density at radius 2 is 2.67 bits per heavy atom. The molecule has 2 heteroatoms. The normalized spacial score (nSPS) is 9.44. The van der Waals surface area contributed by atoms with E-state index in [0.717, 1.165) is 12.2 Å². The summed E-state index contributed by atoms with van der Waals surface area (Å²) in [5.41, 5.74) is 1.08. The number of rotatable bonds is 2. The predicted molar refractivity (Wildman–Crippen MR) is 38.0 cm³/mol. The van der Waals surface area contributed by atoms with Gasteiger partial charge in [-0.25, -0.2) is 0 Å². The summed E-state index contributed by atoms with van der Waals surface area (Å²) in [6.07, 6.45) is 3.58. The van der Waals surface area contributed by atoms with E-state index in [0.29, 0.717) is 0 Å². The fourth-order valence-electron chi connectivity index (χ4n) is 0.781. The van der Waals surface area contributed by atoms with Gasteiger partial charge in [-0.3, -0.25) is 4.68 Å². The van der Waals surface area contributed by atoms with Gasteiger partial charge in [-0.05, 0) is 19.1 Å². The van der Waals surface area contributed by atoms with Crippen molar-refractivity contribution in [2.45, 2.75) is 13.5 Å². The van der Waals surface area contributed by atoms with E-state index in [2.05, 4.69) is 18.6 Å². The zero-order valence-electron chi connectivity index (χ0n) is 5.54. The smallest absolute Gasteiger partial charge is 0.0603 e. The van der Waals surface area contributed by atoms with Crippen molar-refractivity contribution in [3.63, 3.8) is 0 Å². The van der Waals surface area contributed by atoms with Gasteiger partial charge in [0.2, 0.25) is 0 Å². The van der Waals surface area contributed by atoms with Crippen molar-refractivity contribution < 1.29 is 0 Å². The van der Waals surface area contributed by atoms with Crippen LogP contribution in [0.25, 0.3) is 6.08 Å². The Kier molecular flexibility index (Phi) is 1.68. The highest BCUT2D eigenvalue weighted by Crippen LogP contribution is 1.98. The Labute approximate surface area is 54.8 Å². The van der Waals surface area contributed by atoms with E-state index in [-0.39, 0.29) is 0 Å². The maximum Gasteiger partial charge on any atom is 0.0603 e. The van der Waals surface area contributed by atoms with Crippen molar-refractivity contribution in [2.75, 3.05) is 0 Å². The van der Waals surface area contributed by atoms with E-state index < -0.39 is 0 Å². The maximum absolute atomic E-state index is 4.05. The molecule has 9 heavy (non-hydrogen) atoms. The SMILES string of the molecule is C=Cc1ccnn1CC. The summed E-state index contributed by atoms with van der Waals surface area (Å²) >= 11 is 0. The molecule has 48 valence electrons. The fourth-order valence-corrected chi connectivity index (χ4v) is 0.781. The first kappa shape index (κ1) is 6.08. The second-order valence-electron chi connectivity index (χ2n) is 1.78. The first-order valence-electron chi connectivity index (χ1n) is 3.02. The zero-order valence-corrected chi connectivity index (χ0v) is 5.54. The van der Waals surface area contributed by atoms with Gasteiger partial charge in [0.25, 0.3) is 0 Å². The maximum atomic E-state index is 4.05. The lowest BCUT2D eigenvalue weighted by molar-refractivity contribution is 0.654. The molecule has 0 aliphatic heterocycles. The van der Waals surface area contributed by atoms with Crippen LogP contribution in [0, 0.1) is 0 Å². The first-order chi connectivity index (χ1) is 4.38. The third kappa shape index (κ3) is 1.02. The Balaban J connectivity index is 2.98. The van der Waals surface area contributed by atoms with Gasteiger partial charge in [0.15, 0.2) is 0 Å². The Morgan fingerprint density at radius 1 is 1.89 bits per heavy atom. The monoisotopic (exact) mass is 122 g/mol. The van der Waals surface area contributed by atoms with E-state index in [1.807, 2.05) is 10.7 Å². The van der Waals surface area contributed by atoms with E-state index in [9.17, 15) is 0 Å². The van der Waals surface area contributed by atoms with Crippen LogP contribution in [0.1, 0.15) is 12.6 Å². The largest absolute Gasteiger partial charge is 0.266 e. The summed E-state index contributed by atoms with van der Waals surface area (Å²) in [4.78, 5) is 0. The van der Waals surface area contributed by atoms with Gasteiger partial charge in [-0.15, -0.1) is 0 Å². The highest BCUT2D eigenvalue weighted by Gasteiger charge is 1.91. The van der Waals surface area contributed by atoms with Gasteiger partial charge in [0, 0.05) is 12.7 Å². The molecule has 0 saturated carbocycles. The lowest BCUT2D eigenvalue weighted by atomic mass is 10.4. The minimum Gasteiger partial charge on any atom is -0.266 e. The van der Waals surface area contributed by atoms with E-state index >= 15 is 0 Å². The van der Waals surface area contributed by atoms with Gasteiger partial charge in [-0.1, -0.05) is 6.58 Å². The molecular formula is C7H10N2. The van der Waals surface area contributed by atoms with E-state index in [1.165, 1.54) is 0 Å². The minimum atomic E-state index is 0.911. The number of hydrogen-bond acceptors (Lipinski definition) is 1. The van der Waals surface area contributed by atoms with Crippen molar-refractivity contribution in [1.29, 1.82) is 0 Å². The molecule has 0 atom stereocenters. The molecule has 0 N–H and O–H groups in total. The summed E-state index contributed by atoms with van der Waals surface area (Å²) in [5, 5.41) is 4.05. The predicted octanol–water partition coefficient (Wildman–Crippen LogP) is 1.55. The first-order valence-corrected chi connectivity index (χ1v) is 3.02. The lowest BCUT2D eigenvalue weighted by Gasteiger charge is -1.96. The van der Waals surface area contributed by atoms with Crippen LogP contribution in [0.4, 0.5) is 0 Å². The molecule has 0 radical (unpaired) electrons. The van der Waals surface area contributed by atoms with E-state index in [4.69, 9.17) is 0 Å². The Hall–Kier alpha value is -1.05. The van der Waals surface area contributed by atoms with Crippen LogP contribution < -0.4 is 0 Å². The summed E-state index contributed by atoms with van der Waals surface area (Å²) < 4.78 is 1.90. The van der Waals surface area contributed by atoms with Crippen molar-refractivity contribution in [1.82, 2.24) is 9.78 Å². The third-order valence-electron chi connectivity index (χ3n) is 1.26.